The monoisotopic (exact) mass is 375 g/mol. The van der Waals surface area contributed by atoms with Crippen molar-refractivity contribution in [2.45, 2.75) is 38.3 Å². The van der Waals surface area contributed by atoms with Crippen LogP contribution < -0.4 is 11.5 Å². The highest BCUT2D eigenvalue weighted by Crippen LogP contribution is 2.37. The van der Waals surface area contributed by atoms with Crippen LogP contribution in [-0.2, 0) is 16.9 Å². The molecule has 4 heteroatoms. The van der Waals surface area contributed by atoms with E-state index in [-0.39, 0.29) is 5.91 Å². The van der Waals surface area contributed by atoms with E-state index in [1.807, 2.05) is 43.4 Å². The smallest absolute Gasteiger partial charge is 0.242 e. The van der Waals surface area contributed by atoms with Crippen LogP contribution in [0.4, 0.5) is 5.69 Å². The summed E-state index contributed by atoms with van der Waals surface area (Å²) < 4.78 is 0. The number of likely N-dealkylation sites (N-methyl/N-ethyl adjacent to an activating group) is 1. The molecule has 0 heterocycles. The quantitative estimate of drug-likeness (QED) is 0.572. The Morgan fingerprint density at radius 3 is 2.36 bits per heavy atom. The molecule has 0 fully saturated rings. The van der Waals surface area contributed by atoms with Gasteiger partial charge in [0.15, 0.2) is 0 Å². The fourth-order valence-corrected chi connectivity index (χ4v) is 4.03. The zero-order valence-electron chi connectivity index (χ0n) is 16.7. The number of fused-ring (bicyclic) bond motifs is 1. The molecule has 0 radical (unpaired) electrons. The van der Waals surface area contributed by atoms with Crippen molar-refractivity contribution in [1.29, 1.82) is 0 Å². The van der Waals surface area contributed by atoms with Crippen LogP contribution in [0.5, 0.6) is 0 Å². The van der Waals surface area contributed by atoms with E-state index in [0.717, 1.165) is 24.0 Å². The van der Waals surface area contributed by atoms with Crippen molar-refractivity contribution in [1.82, 2.24) is 4.90 Å². The van der Waals surface area contributed by atoms with E-state index in [0.29, 0.717) is 18.7 Å². The van der Waals surface area contributed by atoms with Gasteiger partial charge in [-0.25, -0.2) is 0 Å². The molecular formula is C24H29N3O. The van der Waals surface area contributed by atoms with Gasteiger partial charge in [-0.2, -0.15) is 0 Å². The molecule has 0 aliphatic heterocycles. The number of nitrogen functional groups attached to an aromatic ring is 1. The molecule has 1 unspecified atom stereocenters. The number of carbonyl (C=O) groups is 1. The summed E-state index contributed by atoms with van der Waals surface area (Å²) in [6.45, 7) is 2.72. The fraction of sp³-hybridized carbons (Fsp3) is 0.292. The topological polar surface area (TPSA) is 72.3 Å². The largest absolute Gasteiger partial charge is 0.398 e. The van der Waals surface area contributed by atoms with Crippen LogP contribution >= 0.6 is 0 Å². The van der Waals surface area contributed by atoms with Gasteiger partial charge in [0.1, 0.15) is 5.54 Å². The number of nitrogens with zero attached hydrogens (tertiary/aromatic N) is 1. The Labute approximate surface area is 167 Å². The van der Waals surface area contributed by atoms with E-state index in [2.05, 4.69) is 42.2 Å². The summed E-state index contributed by atoms with van der Waals surface area (Å²) in [7, 11) is 1.96. The van der Waals surface area contributed by atoms with Crippen LogP contribution in [0.15, 0.2) is 66.7 Å². The van der Waals surface area contributed by atoms with E-state index in [1.165, 1.54) is 10.8 Å². The second-order valence-electron chi connectivity index (χ2n) is 7.45. The first kappa shape index (κ1) is 19.9. The summed E-state index contributed by atoms with van der Waals surface area (Å²) >= 11 is 0. The Balaban J connectivity index is 2.02. The van der Waals surface area contributed by atoms with Crippen LogP contribution in [0.3, 0.4) is 0 Å². The van der Waals surface area contributed by atoms with Crippen LogP contribution in [0.25, 0.3) is 10.8 Å². The number of amides is 1. The fourth-order valence-electron chi connectivity index (χ4n) is 4.03. The van der Waals surface area contributed by atoms with Crippen LogP contribution in [0.1, 0.15) is 37.3 Å². The lowest BCUT2D eigenvalue weighted by Gasteiger charge is -2.40. The highest BCUT2D eigenvalue weighted by atomic mass is 16.1. The third-order valence-corrected chi connectivity index (χ3v) is 5.59. The summed E-state index contributed by atoms with van der Waals surface area (Å²) in [5.74, 6) is -0.359. The van der Waals surface area contributed by atoms with E-state index in [9.17, 15) is 4.79 Å². The second kappa shape index (κ2) is 8.44. The first-order valence-corrected chi connectivity index (χ1v) is 9.83. The molecule has 146 valence electrons. The molecule has 0 saturated heterocycles. The maximum absolute atomic E-state index is 12.8. The van der Waals surface area contributed by atoms with Crippen molar-refractivity contribution < 1.29 is 4.79 Å². The van der Waals surface area contributed by atoms with E-state index >= 15 is 0 Å². The Morgan fingerprint density at radius 1 is 1.00 bits per heavy atom. The predicted octanol–water partition coefficient (Wildman–Crippen LogP) is 4.42. The highest BCUT2D eigenvalue weighted by molar-refractivity contribution is 5.88. The number of anilines is 1. The standard InChI is InChI=1S/C24H29N3O/c1-3-4-15-24(23(26)28,21-11-7-8-12-22(21)25)27(2)17-18-13-14-19-9-5-6-10-20(19)16-18/h5-14,16H,3-4,15,17,25H2,1-2H3,(H2,26,28). The van der Waals surface area contributed by atoms with Gasteiger partial charge in [-0.1, -0.05) is 74.4 Å². The third-order valence-electron chi connectivity index (χ3n) is 5.59. The minimum absolute atomic E-state index is 0.359. The normalized spacial score (nSPS) is 13.5. The zero-order valence-corrected chi connectivity index (χ0v) is 16.7. The lowest BCUT2D eigenvalue weighted by Crippen LogP contribution is -2.53. The molecule has 1 amide bonds. The number of hydrogen-bond donors (Lipinski definition) is 2. The summed E-state index contributed by atoms with van der Waals surface area (Å²) in [6.07, 6.45) is 2.50. The molecule has 0 spiro atoms. The number of unbranched alkanes of at least 4 members (excludes halogenated alkanes) is 1. The molecule has 0 aromatic heterocycles. The number of carbonyl (C=O) groups excluding carboxylic acids is 1. The zero-order chi connectivity index (χ0) is 20.1. The lowest BCUT2D eigenvalue weighted by atomic mass is 9.81. The molecular weight excluding hydrogens is 346 g/mol. The van der Waals surface area contributed by atoms with Crippen molar-refractivity contribution >= 4 is 22.4 Å². The second-order valence-corrected chi connectivity index (χ2v) is 7.45. The van der Waals surface area contributed by atoms with Crippen molar-refractivity contribution in [2.75, 3.05) is 12.8 Å². The molecule has 0 bridgehead atoms. The molecule has 4 nitrogen and oxygen atoms in total. The molecule has 3 rings (SSSR count). The molecule has 28 heavy (non-hydrogen) atoms. The maximum Gasteiger partial charge on any atom is 0.242 e. The van der Waals surface area contributed by atoms with E-state index in [1.54, 1.807) is 0 Å². The number of hydrogen-bond acceptors (Lipinski definition) is 3. The Morgan fingerprint density at radius 2 is 1.68 bits per heavy atom. The molecule has 3 aromatic carbocycles. The summed E-state index contributed by atoms with van der Waals surface area (Å²) in [4.78, 5) is 14.9. The first-order valence-electron chi connectivity index (χ1n) is 9.83. The SMILES string of the molecule is CCCCC(C(N)=O)(c1ccccc1N)N(C)Cc1ccc2ccccc2c1. The Bertz CT molecular complexity index is 969. The molecule has 0 aliphatic carbocycles. The predicted molar refractivity (Wildman–Crippen MR) is 117 cm³/mol. The summed E-state index contributed by atoms with van der Waals surface area (Å²) in [6, 6.07) is 22.2. The number of primary amides is 1. The van der Waals surface area contributed by atoms with Gasteiger partial charge < -0.3 is 11.5 Å². The summed E-state index contributed by atoms with van der Waals surface area (Å²) in [5.41, 5.74) is 13.9. The highest BCUT2D eigenvalue weighted by Gasteiger charge is 2.43. The minimum atomic E-state index is -0.938. The van der Waals surface area contributed by atoms with Crippen LogP contribution in [0, 0.1) is 0 Å². The number of nitrogens with two attached hydrogens (primary N) is 2. The van der Waals surface area contributed by atoms with Crippen molar-refractivity contribution in [3.05, 3.63) is 77.9 Å². The van der Waals surface area contributed by atoms with Gasteiger partial charge in [-0.15, -0.1) is 0 Å². The van der Waals surface area contributed by atoms with Crippen molar-refractivity contribution in [3.63, 3.8) is 0 Å². The number of benzene rings is 3. The Hall–Kier alpha value is -2.85. The van der Waals surface area contributed by atoms with E-state index in [4.69, 9.17) is 11.5 Å². The average molecular weight is 376 g/mol. The molecule has 4 N–H and O–H groups in total. The number of rotatable bonds is 8. The van der Waals surface area contributed by atoms with Gasteiger partial charge in [0.25, 0.3) is 0 Å². The van der Waals surface area contributed by atoms with Crippen molar-refractivity contribution in [3.8, 4) is 0 Å². The molecule has 1 atom stereocenters. The van der Waals surface area contributed by atoms with Crippen molar-refractivity contribution in [2.24, 2.45) is 5.73 Å². The maximum atomic E-state index is 12.8. The first-order chi connectivity index (χ1) is 13.5. The minimum Gasteiger partial charge on any atom is -0.398 e. The van der Waals surface area contributed by atoms with Gasteiger partial charge in [0, 0.05) is 17.8 Å². The number of para-hydroxylation sites is 1. The molecule has 0 saturated carbocycles. The third kappa shape index (κ3) is 3.73. The van der Waals surface area contributed by atoms with Crippen LogP contribution in [0.2, 0.25) is 0 Å². The lowest BCUT2D eigenvalue weighted by molar-refractivity contribution is -0.131. The molecule has 3 aromatic rings. The Kier molecular flexibility index (Phi) is 6.00. The van der Waals surface area contributed by atoms with E-state index < -0.39 is 5.54 Å². The van der Waals surface area contributed by atoms with Gasteiger partial charge >= 0.3 is 0 Å². The average Bonchev–Trinajstić information content (AvgIpc) is 2.69. The van der Waals surface area contributed by atoms with Gasteiger partial charge in [-0.05, 0) is 41.9 Å². The van der Waals surface area contributed by atoms with Gasteiger partial charge in [-0.3, -0.25) is 9.69 Å². The van der Waals surface area contributed by atoms with Gasteiger partial charge in [0.2, 0.25) is 5.91 Å². The van der Waals surface area contributed by atoms with Gasteiger partial charge in [0.05, 0.1) is 0 Å². The summed E-state index contributed by atoms with van der Waals surface area (Å²) in [5, 5.41) is 2.39. The van der Waals surface area contributed by atoms with Crippen LogP contribution in [-0.4, -0.2) is 17.9 Å². The molecule has 0 aliphatic rings.